The quantitative estimate of drug-likeness (QED) is 0.608. The Bertz CT molecular complexity index is 860. The number of carbonyl (C=O) groups excluding carboxylic acids is 2. The van der Waals surface area contributed by atoms with Gasteiger partial charge in [-0.1, -0.05) is 6.07 Å². The molecule has 0 atom stereocenters. The number of nitrogens with zero attached hydrogens (tertiary/aromatic N) is 5. The minimum atomic E-state index is -0.527. The first-order valence-corrected chi connectivity index (χ1v) is 8.27. The second kappa shape index (κ2) is 6.79. The molecule has 0 radical (unpaired) electrons. The van der Waals surface area contributed by atoms with Gasteiger partial charge < -0.3 is 15.1 Å². The van der Waals surface area contributed by atoms with E-state index >= 15 is 0 Å². The molecule has 9 heteroatoms. The highest BCUT2D eigenvalue weighted by molar-refractivity contribution is 6.13. The SMILES string of the molecule is O=C1NC(=O)/C(=C/c2ccnc(N3CCN(c4ccccn4)CC3)n2)N1. The van der Waals surface area contributed by atoms with E-state index in [1.165, 1.54) is 6.08 Å². The molecule has 2 aliphatic rings. The Morgan fingerprint density at radius 2 is 1.73 bits per heavy atom. The molecule has 2 fully saturated rings. The Morgan fingerprint density at radius 3 is 2.42 bits per heavy atom. The average Bonchev–Trinajstić information content (AvgIpc) is 3.00. The van der Waals surface area contributed by atoms with Gasteiger partial charge >= 0.3 is 6.03 Å². The van der Waals surface area contributed by atoms with Crippen LogP contribution in [0.5, 0.6) is 0 Å². The molecule has 2 saturated heterocycles. The van der Waals surface area contributed by atoms with Crippen molar-refractivity contribution in [3.8, 4) is 0 Å². The van der Waals surface area contributed by atoms with Crippen LogP contribution < -0.4 is 20.4 Å². The third-order valence-electron chi connectivity index (χ3n) is 4.21. The molecule has 2 aromatic heterocycles. The predicted octanol–water partition coefficient (Wildman–Crippen LogP) is 0.378. The van der Waals surface area contributed by atoms with E-state index in [1.807, 2.05) is 18.2 Å². The molecule has 0 spiro atoms. The topological polar surface area (TPSA) is 103 Å². The van der Waals surface area contributed by atoms with Crippen LogP contribution in [0.4, 0.5) is 16.6 Å². The number of amides is 3. The number of imide groups is 1. The number of pyridine rings is 1. The van der Waals surface area contributed by atoms with E-state index in [0.717, 1.165) is 32.0 Å². The number of aromatic nitrogens is 3. The fourth-order valence-electron chi connectivity index (χ4n) is 2.90. The molecule has 0 aliphatic carbocycles. The van der Waals surface area contributed by atoms with Crippen LogP contribution in [0, 0.1) is 0 Å². The summed E-state index contributed by atoms with van der Waals surface area (Å²) in [5.41, 5.74) is 0.745. The summed E-state index contributed by atoms with van der Waals surface area (Å²) in [5, 5.41) is 4.61. The number of urea groups is 1. The standard InChI is InChI=1S/C17H17N7O2/c25-15-13(21-17(26)22-15)11-12-4-6-19-16(20-12)24-9-7-23(8-10-24)14-3-1-2-5-18-14/h1-6,11H,7-10H2,(H2,21,22,25,26)/b13-11-. The van der Waals surface area contributed by atoms with E-state index < -0.39 is 11.9 Å². The minimum absolute atomic E-state index is 0.180. The van der Waals surface area contributed by atoms with Gasteiger partial charge in [-0.05, 0) is 24.3 Å². The summed E-state index contributed by atoms with van der Waals surface area (Å²) in [5.74, 6) is 1.11. The van der Waals surface area contributed by atoms with Gasteiger partial charge in [0.05, 0.1) is 5.69 Å². The Labute approximate surface area is 149 Å². The van der Waals surface area contributed by atoms with Gasteiger partial charge in [-0.2, -0.15) is 0 Å². The van der Waals surface area contributed by atoms with Crippen molar-refractivity contribution in [2.45, 2.75) is 0 Å². The molecule has 132 valence electrons. The summed E-state index contributed by atoms with van der Waals surface area (Å²) in [6.45, 7) is 3.19. The van der Waals surface area contributed by atoms with Gasteiger partial charge in [0.15, 0.2) is 0 Å². The maximum atomic E-state index is 11.6. The molecule has 0 bridgehead atoms. The lowest BCUT2D eigenvalue weighted by Crippen LogP contribution is -2.47. The second-order valence-corrected chi connectivity index (χ2v) is 5.91. The lowest BCUT2D eigenvalue weighted by atomic mass is 10.3. The maximum Gasteiger partial charge on any atom is 0.326 e. The van der Waals surface area contributed by atoms with Crippen molar-refractivity contribution >= 4 is 29.8 Å². The summed E-state index contributed by atoms with van der Waals surface area (Å²) in [7, 11) is 0. The van der Waals surface area contributed by atoms with Crippen molar-refractivity contribution in [1.29, 1.82) is 0 Å². The van der Waals surface area contributed by atoms with Crippen LogP contribution in [0.15, 0.2) is 42.4 Å². The van der Waals surface area contributed by atoms with Crippen LogP contribution in [-0.4, -0.2) is 53.1 Å². The van der Waals surface area contributed by atoms with E-state index in [0.29, 0.717) is 11.6 Å². The molecule has 9 nitrogen and oxygen atoms in total. The highest BCUT2D eigenvalue weighted by Gasteiger charge is 2.23. The van der Waals surface area contributed by atoms with Crippen LogP contribution in [0.3, 0.4) is 0 Å². The fraction of sp³-hybridized carbons (Fsp3) is 0.235. The highest BCUT2D eigenvalue weighted by atomic mass is 16.2. The average molecular weight is 351 g/mol. The van der Waals surface area contributed by atoms with Crippen LogP contribution in [0.2, 0.25) is 0 Å². The normalized spacial score (nSPS) is 18.8. The van der Waals surface area contributed by atoms with Gasteiger partial charge in [-0.15, -0.1) is 0 Å². The van der Waals surface area contributed by atoms with Crippen molar-refractivity contribution < 1.29 is 9.59 Å². The Hall–Kier alpha value is -3.49. The number of hydrogen-bond donors (Lipinski definition) is 2. The summed E-state index contributed by atoms with van der Waals surface area (Å²) in [4.78, 5) is 40.3. The van der Waals surface area contributed by atoms with Crippen LogP contribution in [-0.2, 0) is 4.79 Å². The summed E-state index contributed by atoms with van der Waals surface area (Å²) in [6.07, 6.45) is 4.98. The van der Waals surface area contributed by atoms with Crippen molar-refractivity contribution in [3.05, 3.63) is 48.1 Å². The monoisotopic (exact) mass is 351 g/mol. The molecule has 0 aromatic carbocycles. The Kier molecular flexibility index (Phi) is 4.18. The lowest BCUT2D eigenvalue weighted by molar-refractivity contribution is -0.115. The molecule has 3 amide bonds. The van der Waals surface area contributed by atoms with E-state index in [9.17, 15) is 9.59 Å². The molecule has 0 saturated carbocycles. The zero-order valence-corrected chi connectivity index (χ0v) is 13.9. The number of hydrogen-bond acceptors (Lipinski definition) is 7. The third kappa shape index (κ3) is 3.32. The number of rotatable bonds is 3. The largest absolute Gasteiger partial charge is 0.353 e. The molecule has 2 aliphatic heterocycles. The molecule has 2 aromatic rings. The maximum absolute atomic E-state index is 11.6. The van der Waals surface area contributed by atoms with Gasteiger partial charge in [0.2, 0.25) is 5.95 Å². The van der Waals surface area contributed by atoms with Crippen molar-refractivity contribution in [2.24, 2.45) is 0 Å². The zero-order chi connectivity index (χ0) is 17.9. The Balaban J connectivity index is 1.45. The first-order valence-electron chi connectivity index (χ1n) is 8.27. The van der Waals surface area contributed by atoms with Crippen LogP contribution >= 0.6 is 0 Å². The molecule has 4 heterocycles. The van der Waals surface area contributed by atoms with Crippen molar-refractivity contribution in [2.75, 3.05) is 36.0 Å². The van der Waals surface area contributed by atoms with Gasteiger partial charge in [0.1, 0.15) is 11.5 Å². The summed E-state index contributed by atoms with van der Waals surface area (Å²) >= 11 is 0. The van der Waals surface area contributed by atoms with Crippen molar-refractivity contribution in [3.63, 3.8) is 0 Å². The molecule has 26 heavy (non-hydrogen) atoms. The molecule has 2 N–H and O–H groups in total. The van der Waals surface area contributed by atoms with Crippen LogP contribution in [0.1, 0.15) is 5.69 Å². The van der Waals surface area contributed by atoms with Gasteiger partial charge in [0, 0.05) is 38.6 Å². The number of anilines is 2. The van der Waals surface area contributed by atoms with Gasteiger partial charge in [-0.3, -0.25) is 10.1 Å². The van der Waals surface area contributed by atoms with Crippen molar-refractivity contribution in [1.82, 2.24) is 25.6 Å². The number of nitrogens with one attached hydrogen (secondary N) is 2. The summed E-state index contributed by atoms with van der Waals surface area (Å²) < 4.78 is 0. The molecule has 4 rings (SSSR count). The lowest BCUT2D eigenvalue weighted by Gasteiger charge is -2.35. The smallest absolute Gasteiger partial charge is 0.326 e. The first-order chi connectivity index (χ1) is 12.7. The first kappa shape index (κ1) is 16.0. The minimum Gasteiger partial charge on any atom is -0.353 e. The third-order valence-corrected chi connectivity index (χ3v) is 4.21. The highest BCUT2D eigenvalue weighted by Crippen LogP contribution is 2.16. The molecular weight excluding hydrogens is 334 g/mol. The zero-order valence-electron chi connectivity index (χ0n) is 13.9. The summed E-state index contributed by atoms with van der Waals surface area (Å²) in [6, 6.07) is 7.05. The van der Waals surface area contributed by atoms with Gasteiger partial charge in [-0.25, -0.2) is 19.7 Å². The van der Waals surface area contributed by atoms with E-state index in [1.54, 1.807) is 18.5 Å². The number of carbonyl (C=O) groups is 2. The fourth-order valence-corrected chi connectivity index (χ4v) is 2.90. The van der Waals surface area contributed by atoms with E-state index in [2.05, 4.69) is 35.4 Å². The molecule has 0 unspecified atom stereocenters. The number of piperazine rings is 1. The van der Waals surface area contributed by atoms with E-state index in [-0.39, 0.29) is 5.70 Å². The van der Waals surface area contributed by atoms with Gasteiger partial charge in [0.25, 0.3) is 5.91 Å². The Morgan fingerprint density at radius 1 is 0.923 bits per heavy atom. The molecular formula is C17H17N7O2. The predicted molar refractivity (Wildman–Crippen MR) is 95.3 cm³/mol. The van der Waals surface area contributed by atoms with Crippen LogP contribution in [0.25, 0.3) is 6.08 Å². The van der Waals surface area contributed by atoms with E-state index in [4.69, 9.17) is 0 Å². The second-order valence-electron chi connectivity index (χ2n) is 5.91.